The predicted octanol–water partition coefficient (Wildman–Crippen LogP) is 2.35. The van der Waals surface area contributed by atoms with Crippen LogP contribution in [0.5, 0.6) is 0 Å². The van der Waals surface area contributed by atoms with Crippen molar-refractivity contribution in [3.63, 3.8) is 0 Å². The smallest absolute Gasteiger partial charge is 0.252 e. The van der Waals surface area contributed by atoms with Crippen molar-refractivity contribution in [2.24, 2.45) is 7.05 Å². The summed E-state index contributed by atoms with van der Waals surface area (Å²) in [6.07, 6.45) is 1.63. The molecule has 2 aromatic rings. The van der Waals surface area contributed by atoms with E-state index in [-0.39, 0.29) is 5.91 Å². The molecule has 0 aliphatic carbocycles. The van der Waals surface area contributed by atoms with Crippen LogP contribution >= 0.6 is 27.5 Å². The van der Waals surface area contributed by atoms with Crippen LogP contribution in [0.1, 0.15) is 15.9 Å². The molecule has 1 aromatic heterocycles. The van der Waals surface area contributed by atoms with Crippen LogP contribution in [0.4, 0.5) is 5.82 Å². The van der Waals surface area contributed by atoms with Gasteiger partial charge in [0, 0.05) is 28.7 Å². The lowest BCUT2D eigenvalue weighted by Gasteiger charge is -2.07. The second kappa shape index (κ2) is 5.63. The van der Waals surface area contributed by atoms with Gasteiger partial charge in [0.25, 0.3) is 5.91 Å². The van der Waals surface area contributed by atoms with Crippen molar-refractivity contribution in [2.75, 3.05) is 5.73 Å². The molecule has 1 amide bonds. The molecule has 1 heterocycles. The number of carbonyl (C=O) groups is 1. The number of aromatic nitrogens is 2. The second-order valence-corrected chi connectivity index (χ2v) is 5.28. The topological polar surface area (TPSA) is 72.9 Å². The highest BCUT2D eigenvalue weighted by atomic mass is 79.9. The summed E-state index contributed by atoms with van der Waals surface area (Å²) in [5.41, 5.74) is 7.10. The molecule has 0 saturated carbocycles. The van der Waals surface area contributed by atoms with Gasteiger partial charge >= 0.3 is 0 Å². The van der Waals surface area contributed by atoms with Crippen molar-refractivity contribution >= 4 is 39.3 Å². The lowest BCUT2D eigenvalue weighted by atomic mass is 10.2. The zero-order valence-electron chi connectivity index (χ0n) is 10.2. The third kappa shape index (κ3) is 3.08. The second-order valence-electron chi connectivity index (χ2n) is 3.99. The van der Waals surface area contributed by atoms with Crippen molar-refractivity contribution < 1.29 is 4.79 Å². The van der Waals surface area contributed by atoms with E-state index in [1.54, 1.807) is 36.1 Å². The molecule has 1 aromatic carbocycles. The summed E-state index contributed by atoms with van der Waals surface area (Å²) in [5.74, 6) is 0.335. The minimum Gasteiger partial charge on any atom is -0.384 e. The van der Waals surface area contributed by atoms with E-state index < -0.39 is 0 Å². The molecule has 0 unspecified atom stereocenters. The van der Waals surface area contributed by atoms with Gasteiger partial charge in [0.05, 0.1) is 11.8 Å². The predicted molar refractivity (Wildman–Crippen MR) is 77.9 cm³/mol. The number of hydrogen-bond acceptors (Lipinski definition) is 3. The van der Waals surface area contributed by atoms with Gasteiger partial charge in [0.2, 0.25) is 0 Å². The summed E-state index contributed by atoms with van der Waals surface area (Å²) >= 11 is 9.13. The van der Waals surface area contributed by atoms with Gasteiger partial charge in [-0.15, -0.1) is 0 Å². The standard InChI is InChI=1S/C12H12BrClN4O/c1-18-11(15)7(6-17-18)5-16-12(19)9-3-2-8(14)4-10(9)13/h2-4,6H,5,15H2,1H3,(H,16,19). The van der Waals surface area contributed by atoms with Crippen LogP contribution in [-0.4, -0.2) is 15.7 Å². The number of nitrogens with two attached hydrogens (primary N) is 1. The van der Waals surface area contributed by atoms with Crippen LogP contribution < -0.4 is 11.1 Å². The van der Waals surface area contributed by atoms with E-state index in [2.05, 4.69) is 26.3 Å². The number of rotatable bonds is 3. The van der Waals surface area contributed by atoms with Crippen LogP contribution in [-0.2, 0) is 13.6 Å². The number of anilines is 1. The minimum absolute atomic E-state index is 0.202. The van der Waals surface area contributed by atoms with Gasteiger partial charge in [-0.2, -0.15) is 5.10 Å². The number of amides is 1. The van der Waals surface area contributed by atoms with E-state index in [0.29, 0.717) is 27.4 Å². The number of nitrogens with one attached hydrogen (secondary N) is 1. The van der Waals surface area contributed by atoms with Crippen molar-refractivity contribution in [2.45, 2.75) is 6.54 Å². The molecule has 100 valence electrons. The van der Waals surface area contributed by atoms with Crippen molar-refractivity contribution in [1.82, 2.24) is 15.1 Å². The number of nitrogens with zero attached hydrogens (tertiary/aromatic N) is 2. The van der Waals surface area contributed by atoms with Crippen molar-refractivity contribution in [1.29, 1.82) is 0 Å². The normalized spacial score (nSPS) is 10.5. The number of halogens is 2. The molecule has 0 radical (unpaired) electrons. The average Bonchev–Trinajstić information content (AvgIpc) is 2.67. The Bertz CT molecular complexity index is 626. The molecule has 19 heavy (non-hydrogen) atoms. The summed E-state index contributed by atoms with van der Waals surface area (Å²) < 4.78 is 2.20. The lowest BCUT2D eigenvalue weighted by molar-refractivity contribution is 0.0950. The number of benzene rings is 1. The van der Waals surface area contributed by atoms with Crippen LogP contribution in [0, 0.1) is 0 Å². The molecule has 0 spiro atoms. The maximum atomic E-state index is 12.0. The van der Waals surface area contributed by atoms with Gasteiger partial charge in [0.1, 0.15) is 5.82 Å². The average molecular weight is 344 g/mol. The highest BCUT2D eigenvalue weighted by molar-refractivity contribution is 9.10. The van der Waals surface area contributed by atoms with Gasteiger partial charge in [0.15, 0.2) is 0 Å². The quantitative estimate of drug-likeness (QED) is 0.898. The first-order valence-electron chi connectivity index (χ1n) is 5.48. The molecule has 7 heteroatoms. The first-order chi connectivity index (χ1) is 8.99. The summed E-state index contributed by atoms with van der Waals surface area (Å²) in [4.78, 5) is 12.0. The summed E-state index contributed by atoms with van der Waals surface area (Å²) in [7, 11) is 1.75. The molecule has 0 saturated heterocycles. The van der Waals surface area contributed by atoms with Crippen LogP contribution in [0.15, 0.2) is 28.9 Å². The molecular formula is C12H12BrClN4O. The molecule has 5 nitrogen and oxygen atoms in total. The monoisotopic (exact) mass is 342 g/mol. The molecule has 0 atom stereocenters. The van der Waals surface area contributed by atoms with Crippen LogP contribution in [0.3, 0.4) is 0 Å². The van der Waals surface area contributed by atoms with E-state index in [9.17, 15) is 4.79 Å². The van der Waals surface area contributed by atoms with Gasteiger partial charge in [-0.05, 0) is 34.1 Å². The molecule has 0 aliphatic rings. The van der Waals surface area contributed by atoms with Gasteiger partial charge in [-0.3, -0.25) is 9.48 Å². The maximum absolute atomic E-state index is 12.0. The molecule has 0 bridgehead atoms. The Morgan fingerprint density at radius 1 is 1.58 bits per heavy atom. The molecule has 0 aliphatic heterocycles. The lowest BCUT2D eigenvalue weighted by Crippen LogP contribution is -2.23. The largest absolute Gasteiger partial charge is 0.384 e. The Morgan fingerprint density at radius 3 is 2.89 bits per heavy atom. The first kappa shape index (κ1) is 13.9. The van der Waals surface area contributed by atoms with Crippen molar-refractivity contribution in [3.8, 4) is 0 Å². The van der Waals surface area contributed by atoms with Gasteiger partial charge in [-0.1, -0.05) is 11.6 Å². The Hall–Kier alpha value is -1.53. The number of nitrogen functional groups attached to an aromatic ring is 1. The zero-order chi connectivity index (χ0) is 14.0. The van der Waals surface area contributed by atoms with E-state index in [4.69, 9.17) is 17.3 Å². The Labute approximate surface area is 123 Å². The van der Waals surface area contributed by atoms with Crippen LogP contribution in [0.2, 0.25) is 5.02 Å². The van der Waals surface area contributed by atoms with E-state index in [0.717, 1.165) is 5.56 Å². The van der Waals surface area contributed by atoms with E-state index in [1.807, 2.05) is 0 Å². The third-order valence-electron chi connectivity index (χ3n) is 2.68. The fourth-order valence-electron chi connectivity index (χ4n) is 1.57. The van der Waals surface area contributed by atoms with E-state index >= 15 is 0 Å². The van der Waals surface area contributed by atoms with Crippen molar-refractivity contribution in [3.05, 3.63) is 45.0 Å². The highest BCUT2D eigenvalue weighted by Crippen LogP contribution is 2.21. The molecular weight excluding hydrogens is 332 g/mol. The zero-order valence-corrected chi connectivity index (χ0v) is 12.5. The Balaban J connectivity index is 2.07. The molecule has 3 N–H and O–H groups in total. The van der Waals surface area contributed by atoms with Gasteiger partial charge < -0.3 is 11.1 Å². The maximum Gasteiger partial charge on any atom is 0.252 e. The van der Waals surface area contributed by atoms with Crippen LogP contribution in [0.25, 0.3) is 0 Å². The minimum atomic E-state index is -0.202. The number of carbonyl (C=O) groups excluding carboxylic acids is 1. The van der Waals surface area contributed by atoms with Gasteiger partial charge in [-0.25, -0.2) is 0 Å². The Morgan fingerprint density at radius 2 is 2.32 bits per heavy atom. The number of aryl methyl sites for hydroxylation is 1. The fraction of sp³-hybridized carbons (Fsp3) is 0.167. The fourth-order valence-corrected chi connectivity index (χ4v) is 2.44. The molecule has 2 rings (SSSR count). The molecule has 0 fully saturated rings. The summed E-state index contributed by atoms with van der Waals surface area (Å²) in [6, 6.07) is 5.00. The number of hydrogen-bond donors (Lipinski definition) is 2. The third-order valence-corrected chi connectivity index (χ3v) is 3.57. The van der Waals surface area contributed by atoms with E-state index in [1.165, 1.54) is 0 Å². The Kier molecular flexibility index (Phi) is 4.11. The SMILES string of the molecule is Cn1ncc(CNC(=O)c2ccc(Cl)cc2Br)c1N. The summed E-state index contributed by atoms with van der Waals surface area (Å²) in [5, 5.41) is 7.36. The highest BCUT2D eigenvalue weighted by Gasteiger charge is 2.11. The summed E-state index contributed by atoms with van der Waals surface area (Å²) in [6.45, 7) is 0.327. The first-order valence-corrected chi connectivity index (χ1v) is 6.65.